The summed E-state index contributed by atoms with van der Waals surface area (Å²) in [5.74, 6) is 0.670. The van der Waals surface area contributed by atoms with E-state index in [1.807, 2.05) is 30.3 Å². The van der Waals surface area contributed by atoms with Crippen LogP contribution in [-0.2, 0) is 15.6 Å². The number of nitrogens with two attached hydrogens (primary N) is 1. The maximum atomic E-state index is 11.4. The van der Waals surface area contributed by atoms with Gasteiger partial charge in [-0.3, -0.25) is 4.72 Å². The first-order valence-corrected chi connectivity index (χ1v) is 9.09. The molecule has 0 aliphatic carbocycles. The molecule has 1 aliphatic rings. The van der Waals surface area contributed by atoms with Crippen molar-refractivity contribution >= 4 is 21.4 Å². The van der Waals surface area contributed by atoms with Gasteiger partial charge in [0.25, 0.3) is 0 Å². The van der Waals surface area contributed by atoms with Crippen LogP contribution >= 0.6 is 0 Å². The van der Waals surface area contributed by atoms with E-state index in [2.05, 4.69) is 10.0 Å². The van der Waals surface area contributed by atoms with Crippen molar-refractivity contribution in [3.05, 3.63) is 54.1 Å². The third kappa shape index (κ3) is 3.25. The van der Waals surface area contributed by atoms with Crippen LogP contribution in [0.25, 0.3) is 0 Å². The van der Waals surface area contributed by atoms with Crippen molar-refractivity contribution in [3.63, 3.8) is 0 Å². The molecule has 0 saturated carbocycles. The molecule has 23 heavy (non-hydrogen) atoms. The second-order valence-corrected chi connectivity index (χ2v) is 7.40. The zero-order valence-electron chi connectivity index (χ0n) is 12.7. The minimum Gasteiger partial charge on any atom is -0.489 e. The standard InChI is InChI=1S/C16H19N3O3S/c1-23(20,21)19-13-7-8-15-14(9-13)18-16(10-17,11-22-15)12-5-3-2-4-6-12/h2-9,18-19H,10-11,17H2,1H3. The molecule has 1 heterocycles. The van der Waals surface area contributed by atoms with E-state index >= 15 is 0 Å². The molecular weight excluding hydrogens is 314 g/mol. The molecule has 0 saturated heterocycles. The highest BCUT2D eigenvalue weighted by Crippen LogP contribution is 2.38. The van der Waals surface area contributed by atoms with E-state index in [1.54, 1.807) is 18.2 Å². The zero-order valence-corrected chi connectivity index (χ0v) is 13.6. The third-order valence-corrected chi connectivity index (χ3v) is 4.41. The van der Waals surface area contributed by atoms with E-state index in [0.29, 0.717) is 30.3 Å². The number of rotatable bonds is 4. The molecule has 0 spiro atoms. The number of benzene rings is 2. The van der Waals surface area contributed by atoms with Gasteiger partial charge in [-0.15, -0.1) is 0 Å². The van der Waals surface area contributed by atoms with Crippen LogP contribution < -0.4 is 20.5 Å². The number of hydrogen-bond donors (Lipinski definition) is 3. The maximum absolute atomic E-state index is 11.4. The molecule has 122 valence electrons. The highest BCUT2D eigenvalue weighted by molar-refractivity contribution is 7.92. The van der Waals surface area contributed by atoms with Crippen molar-refractivity contribution in [3.8, 4) is 5.75 Å². The first-order chi connectivity index (χ1) is 10.9. The molecule has 4 N–H and O–H groups in total. The van der Waals surface area contributed by atoms with Crippen molar-refractivity contribution in [2.45, 2.75) is 5.54 Å². The topological polar surface area (TPSA) is 93.5 Å². The van der Waals surface area contributed by atoms with Gasteiger partial charge in [-0.1, -0.05) is 30.3 Å². The fourth-order valence-electron chi connectivity index (χ4n) is 2.67. The Morgan fingerprint density at radius 2 is 2.00 bits per heavy atom. The Kier molecular flexibility index (Phi) is 3.91. The summed E-state index contributed by atoms with van der Waals surface area (Å²) in [7, 11) is -3.33. The Morgan fingerprint density at radius 1 is 1.26 bits per heavy atom. The van der Waals surface area contributed by atoms with Crippen LogP contribution in [-0.4, -0.2) is 27.8 Å². The van der Waals surface area contributed by atoms with Gasteiger partial charge < -0.3 is 15.8 Å². The van der Waals surface area contributed by atoms with Crippen LogP contribution in [0.4, 0.5) is 11.4 Å². The molecule has 3 rings (SSSR count). The Balaban J connectivity index is 1.96. The van der Waals surface area contributed by atoms with Gasteiger partial charge in [0.2, 0.25) is 10.0 Å². The van der Waals surface area contributed by atoms with Gasteiger partial charge in [-0.05, 0) is 23.8 Å². The van der Waals surface area contributed by atoms with Crippen LogP contribution in [0.1, 0.15) is 5.56 Å². The van der Waals surface area contributed by atoms with E-state index in [1.165, 1.54) is 0 Å². The van der Waals surface area contributed by atoms with E-state index in [0.717, 1.165) is 11.8 Å². The van der Waals surface area contributed by atoms with Crippen LogP contribution in [0.2, 0.25) is 0 Å². The fraction of sp³-hybridized carbons (Fsp3) is 0.250. The molecule has 7 heteroatoms. The van der Waals surface area contributed by atoms with Crippen molar-refractivity contribution in [1.82, 2.24) is 0 Å². The maximum Gasteiger partial charge on any atom is 0.229 e. The summed E-state index contributed by atoms with van der Waals surface area (Å²) in [5, 5.41) is 3.42. The molecule has 1 aliphatic heterocycles. The molecule has 0 fully saturated rings. The van der Waals surface area contributed by atoms with Crippen LogP contribution in [0.3, 0.4) is 0 Å². The predicted octanol–water partition coefficient (Wildman–Crippen LogP) is 1.72. The Morgan fingerprint density at radius 3 is 2.65 bits per heavy atom. The smallest absolute Gasteiger partial charge is 0.229 e. The van der Waals surface area contributed by atoms with Crippen LogP contribution in [0.5, 0.6) is 5.75 Å². The van der Waals surface area contributed by atoms with E-state index in [-0.39, 0.29) is 0 Å². The number of hydrogen-bond acceptors (Lipinski definition) is 5. The average molecular weight is 333 g/mol. The van der Waals surface area contributed by atoms with Gasteiger partial charge >= 0.3 is 0 Å². The van der Waals surface area contributed by atoms with Crippen LogP contribution in [0, 0.1) is 0 Å². The van der Waals surface area contributed by atoms with Gasteiger partial charge in [0.05, 0.1) is 17.6 Å². The van der Waals surface area contributed by atoms with Gasteiger partial charge in [-0.25, -0.2) is 8.42 Å². The number of fused-ring (bicyclic) bond motifs is 1. The lowest BCUT2D eigenvalue weighted by Crippen LogP contribution is -2.49. The average Bonchev–Trinajstić information content (AvgIpc) is 2.53. The summed E-state index contributed by atoms with van der Waals surface area (Å²) in [6.07, 6.45) is 1.12. The molecule has 2 aromatic rings. The Bertz CT molecular complexity index is 809. The Labute approximate surface area is 135 Å². The lowest BCUT2D eigenvalue weighted by Gasteiger charge is -2.39. The normalized spacial score (nSPS) is 20.1. The van der Waals surface area contributed by atoms with E-state index in [9.17, 15) is 8.42 Å². The lowest BCUT2D eigenvalue weighted by molar-refractivity contribution is 0.223. The predicted molar refractivity (Wildman–Crippen MR) is 91.2 cm³/mol. The van der Waals surface area contributed by atoms with Crippen molar-refractivity contribution in [1.29, 1.82) is 0 Å². The van der Waals surface area contributed by atoms with Gasteiger partial charge in [-0.2, -0.15) is 0 Å². The zero-order chi connectivity index (χ0) is 16.5. The number of ether oxygens (including phenoxy) is 1. The van der Waals surface area contributed by atoms with Gasteiger partial charge in [0.15, 0.2) is 0 Å². The summed E-state index contributed by atoms with van der Waals surface area (Å²) in [5.41, 5.74) is 7.68. The third-order valence-electron chi connectivity index (χ3n) is 3.81. The quantitative estimate of drug-likeness (QED) is 0.792. The second-order valence-electron chi connectivity index (χ2n) is 5.65. The summed E-state index contributed by atoms with van der Waals surface area (Å²) in [6.45, 7) is 0.750. The molecular formula is C16H19N3O3S. The van der Waals surface area contributed by atoms with E-state index in [4.69, 9.17) is 10.5 Å². The number of nitrogens with one attached hydrogen (secondary N) is 2. The molecule has 0 amide bonds. The molecule has 1 unspecified atom stereocenters. The van der Waals surface area contributed by atoms with Crippen molar-refractivity contribution < 1.29 is 13.2 Å². The number of sulfonamides is 1. The summed E-state index contributed by atoms with van der Waals surface area (Å²) >= 11 is 0. The molecule has 2 aromatic carbocycles. The fourth-order valence-corrected chi connectivity index (χ4v) is 3.22. The number of anilines is 2. The van der Waals surface area contributed by atoms with Crippen LogP contribution in [0.15, 0.2) is 48.5 Å². The highest BCUT2D eigenvalue weighted by atomic mass is 32.2. The summed E-state index contributed by atoms with van der Waals surface area (Å²) in [6, 6.07) is 14.9. The van der Waals surface area contributed by atoms with Gasteiger partial charge in [0.1, 0.15) is 17.9 Å². The SMILES string of the molecule is CS(=O)(=O)Nc1ccc2c(c1)NC(CN)(c1ccccc1)CO2. The van der Waals surface area contributed by atoms with E-state index < -0.39 is 15.6 Å². The minimum absolute atomic E-state index is 0.347. The highest BCUT2D eigenvalue weighted by Gasteiger charge is 2.36. The first-order valence-electron chi connectivity index (χ1n) is 7.20. The Hall–Kier alpha value is -2.25. The van der Waals surface area contributed by atoms with Gasteiger partial charge in [0, 0.05) is 6.54 Å². The molecule has 6 nitrogen and oxygen atoms in total. The van der Waals surface area contributed by atoms with Crippen molar-refractivity contribution in [2.75, 3.05) is 29.4 Å². The lowest BCUT2D eigenvalue weighted by atomic mass is 9.89. The minimum atomic E-state index is -3.33. The molecule has 0 aromatic heterocycles. The first kappa shape index (κ1) is 15.6. The summed E-state index contributed by atoms with van der Waals surface area (Å²) in [4.78, 5) is 0. The molecule has 0 radical (unpaired) electrons. The monoisotopic (exact) mass is 333 g/mol. The second kappa shape index (κ2) is 5.75. The summed E-state index contributed by atoms with van der Waals surface area (Å²) < 4.78 is 31.1. The molecule has 0 bridgehead atoms. The largest absolute Gasteiger partial charge is 0.489 e. The molecule has 1 atom stereocenters. The van der Waals surface area contributed by atoms with Crippen molar-refractivity contribution in [2.24, 2.45) is 5.73 Å².